The number of hydrogen-bond acceptors (Lipinski definition) is 9. The lowest BCUT2D eigenvalue weighted by molar-refractivity contribution is -0.297. The summed E-state index contributed by atoms with van der Waals surface area (Å²) in [5.74, 6) is -2.47. The van der Waals surface area contributed by atoms with Crippen LogP contribution in [0.1, 0.15) is 13.8 Å². The molecular weight excluding hydrogens is 228 g/mol. The molecule has 9 heteroatoms. The van der Waals surface area contributed by atoms with Gasteiger partial charge in [0.1, 0.15) is 0 Å². The molecular formula is C7H10O9. The van der Waals surface area contributed by atoms with E-state index >= 15 is 0 Å². The fourth-order valence-electron chi connectivity index (χ4n) is 0.303. The van der Waals surface area contributed by atoms with E-state index in [9.17, 15) is 14.4 Å². The minimum Gasteiger partial charge on any atom is -0.382 e. The van der Waals surface area contributed by atoms with Gasteiger partial charge in [-0.3, -0.25) is 0 Å². The predicted octanol–water partition coefficient (Wildman–Crippen LogP) is -1.18. The number of aliphatic hydroxyl groups is 2. The van der Waals surface area contributed by atoms with Crippen LogP contribution in [0.2, 0.25) is 0 Å². The zero-order valence-corrected chi connectivity index (χ0v) is 8.41. The first kappa shape index (κ1) is 14.1. The molecule has 9 nitrogen and oxygen atoms in total. The number of carbonyl (C=O) groups is 3. The Bertz CT molecular complexity index is 243. The Labute approximate surface area is 89.3 Å². The normalized spacial score (nSPS) is 13.2. The van der Waals surface area contributed by atoms with Crippen molar-refractivity contribution in [3.63, 3.8) is 0 Å². The molecule has 16 heavy (non-hydrogen) atoms. The molecule has 0 saturated heterocycles. The molecule has 0 spiro atoms. The van der Waals surface area contributed by atoms with Gasteiger partial charge < -0.3 is 10.2 Å². The Balaban J connectivity index is 3.76. The van der Waals surface area contributed by atoms with Crippen molar-refractivity contribution in [2.45, 2.75) is 26.1 Å². The molecule has 0 aliphatic carbocycles. The van der Waals surface area contributed by atoms with E-state index in [4.69, 9.17) is 10.2 Å². The first-order valence-electron chi connectivity index (χ1n) is 4.01. The second kappa shape index (κ2) is 6.58. The molecule has 0 aliphatic rings. The molecule has 0 aromatic heterocycles. The summed E-state index contributed by atoms with van der Waals surface area (Å²) in [4.78, 5) is 46.4. The molecule has 2 N–H and O–H groups in total. The van der Waals surface area contributed by atoms with E-state index in [0.29, 0.717) is 0 Å². The minimum atomic E-state index is -1.65. The summed E-state index contributed by atoms with van der Waals surface area (Å²) in [6.45, 7) is 2.15. The lowest BCUT2D eigenvalue weighted by Gasteiger charge is -2.04. The van der Waals surface area contributed by atoms with E-state index in [0.717, 1.165) is 13.8 Å². The monoisotopic (exact) mass is 238 g/mol. The van der Waals surface area contributed by atoms with E-state index in [1.54, 1.807) is 0 Å². The second-order valence-corrected chi connectivity index (χ2v) is 2.57. The molecule has 92 valence electrons. The van der Waals surface area contributed by atoms with Crippen LogP contribution in [0.25, 0.3) is 0 Å². The van der Waals surface area contributed by atoms with E-state index in [-0.39, 0.29) is 0 Å². The molecule has 0 aromatic rings. The van der Waals surface area contributed by atoms with Crippen LogP contribution in [0, 0.1) is 0 Å². The largest absolute Gasteiger partial charge is 0.592 e. The van der Waals surface area contributed by atoms with Crippen molar-refractivity contribution in [2.24, 2.45) is 0 Å². The number of rotatable bonds is 2. The Hall–Kier alpha value is -1.87. The van der Waals surface area contributed by atoms with Crippen molar-refractivity contribution in [3.05, 3.63) is 0 Å². The maximum atomic E-state index is 10.5. The zero-order chi connectivity index (χ0) is 12.7. The molecule has 2 unspecified atom stereocenters. The lowest BCUT2D eigenvalue weighted by Crippen LogP contribution is -2.24. The van der Waals surface area contributed by atoms with Crippen molar-refractivity contribution in [1.29, 1.82) is 0 Å². The molecule has 0 rings (SSSR count). The fraction of sp³-hybridized carbons (Fsp3) is 0.571. The summed E-state index contributed by atoms with van der Waals surface area (Å²) in [5, 5.41) is 17.2. The van der Waals surface area contributed by atoms with Crippen molar-refractivity contribution >= 4 is 18.1 Å². The number of carbonyl (C=O) groups excluding carboxylic acids is 3. The summed E-state index contributed by atoms with van der Waals surface area (Å²) < 4.78 is 0. The molecule has 0 aliphatic heterocycles. The van der Waals surface area contributed by atoms with Crippen LogP contribution in [0.5, 0.6) is 0 Å². The first-order valence-corrected chi connectivity index (χ1v) is 4.01. The van der Waals surface area contributed by atoms with Crippen LogP contribution < -0.4 is 0 Å². The Morgan fingerprint density at radius 2 is 1.12 bits per heavy atom. The molecule has 2 atom stereocenters. The fourth-order valence-corrected chi connectivity index (χ4v) is 0.303. The van der Waals surface area contributed by atoms with Crippen LogP contribution in [-0.2, 0) is 29.1 Å². The van der Waals surface area contributed by atoms with Gasteiger partial charge in [0.05, 0.1) is 0 Å². The summed E-state index contributed by atoms with van der Waals surface area (Å²) >= 11 is 0. The highest BCUT2D eigenvalue weighted by molar-refractivity contribution is 5.75. The summed E-state index contributed by atoms with van der Waals surface area (Å²) in [6, 6.07) is 0. The summed E-state index contributed by atoms with van der Waals surface area (Å²) in [5.41, 5.74) is 0. The second-order valence-electron chi connectivity index (χ2n) is 2.57. The third-order valence-corrected chi connectivity index (χ3v) is 1.07. The van der Waals surface area contributed by atoms with Crippen molar-refractivity contribution in [2.75, 3.05) is 0 Å². The van der Waals surface area contributed by atoms with Gasteiger partial charge in [0, 0.05) is 0 Å². The van der Waals surface area contributed by atoms with Crippen LogP contribution in [0.4, 0.5) is 4.79 Å². The van der Waals surface area contributed by atoms with E-state index in [1.165, 1.54) is 0 Å². The standard InChI is InChI=1S/C7H10O9/c1-3(8)5(10)13-15-7(12)16-14-6(11)4(2)9/h3-4,8-9H,1-2H3. The topological polar surface area (TPSA) is 129 Å². The predicted molar refractivity (Wildman–Crippen MR) is 43.1 cm³/mol. The van der Waals surface area contributed by atoms with E-state index < -0.39 is 30.3 Å². The quantitative estimate of drug-likeness (QED) is 0.450. The van der Waals surface area contributed by atoms with Gasteiger partial charge in [-0.25, -0.2) is 29.1 Å². The Kier molecular flexibility index (Phi) is 5.81. The molecule has 0 saturated carbocycles. The molecule has 0 bridgehead atoms. The van der Waals surface area contributed by atoms with Gasteiger partial charge in [-0.2, -0.15) is 4.79 Å². The summed E-state index contributed by atoms with van der Waals surface area (Å²) in [7, 11) is 0. The number of aliphatic hydroxyl groups excluding tert-OH is 2. The van der Waals surface area contributed by atoms with Crippen LogP contribution >= 0.6 is 0 Å². The Morgan fingerprint density at radius 1 is 0.812 bits per heavy atom. The molecule has 0 fully saturated rings. The molecule has 0 aromatic carbocycles. The van der Waals surface area contributed by atoms with Crippen molar-refractivity contribution in [1.82, 2.24) is 0 Å². The molecule has 0 amide bonds. The summed E-state index contributed by atoms with van der Waals surface area (Å²) in [6.07, 6.45) is -4.64. The van der Waals surface area contributed by atoms with Gasteiger partial charge in [0.2, 0.25) is 0 Å². The maximum absolute atomic E-state index is 10.5. The van der Waals surface area contributed by atoms with Crippen LogP contribution in [-0.4, -0.2) is 40.5 Å². The van der Waals surface area contributed by atoms with Gasteiger partial charge in [-0.1, -0.05) is 0 Å². The smallest absolute Gasteiger partial charge is 0.382 e. The first-order chi connectivity index (χ1) is 7.34. The maximum Gasteiger partial charge on any atom is 0.592 e. The van der Waals surface area contributed by atoms with Gasteiger partial charge in [0.15, 0.2) is 12.2 Å². The van der Waals surface area contributed by atoms with Gasteiger partial charge in [-0.05, 0) is 13.8 Å². The highest BCUT2D eigenvalue weighted by Gasteiger charge is 2.19. The van der Waals surface area contributed by atoms with Crippen molar-refractivity contribution < 1.29 is 44.1 Å². The average molecular weight is 238 g/mol. The van der Waals surface area contributed by atoms with Gasteiger partial charge in [-0.15, -0.1) is 0 Å². The van der Waals surface area contributed by atoms with Crippen LogP contribution in [0.15, 0.2) is 0 Å². The lowest BCUT2D eigenvalue weighted by atomic mass is 10.4. The van der Waals surface area contributed by atoms with Gasteiger partial charge in [0.25, 0.3) is 0 Å². The molecule has 0 radical (unpaired) electrons. The van der Waals surface area contributed by atoms with Crippen molar-refractivity contribution in [3.8, 4) is 0 Å². The number of hydrogen-bond donors (Lipinski definition) is 2. The van der Waals surface area contributed by atoms with E-state index in [2.05, 4.69) is 19.6 Å². The third kappa shape index (κ3) is 5.78. The minimum absolute atomic E-state index is 1.07. The zero-order valence-electron chi connectivity index (χ0n) is 8.41. The SMILES string of the molecule is CC(O)C(=O)OOC(=O)OOC(=O)C(C)O. The highest BCUT2D eigenvalue weighted by atomic mass is 17.3. The Morgan fingerprint density at radius 3 is 1.38 bits per heavy atom. The van der Waals surface area contributed by atoms with E-state index in [1.807, 2.05) is 0 Å². The van der Waals surface area contributed by atoms with Crippen LogP contribution in [0.3, 0.4) is 0 Å². The average Bonchev–Trinajstić information content (AvgIpc) is 2.21. The third-order valence-electron chi connectivity index (χ3n) is 1.07. The van der Waals surface area contributed by atoms with Gasteiger partial charge >= 0.3 is 18.1 Å². The molecule has 0 heterocycles. The highest BCUT2D eigenvalue weighted by Crippen LogP contribution is 1.94.